The first kappa shape index (κ1) is 30.7. The maximum atomic E-state index is 14.1. The Balaban J connectivity index is 2.06. The summed E-state index contributed by atoms with van der Waals surface area (Å²) in [4.78, 5) is 29.0. The molecule has 1 atom stereocenters. The van der Waals surface area contributed by atoms with Crippen molar-refractivity contribution in [3.63, 3.8) is 0 Å². The number of sulfonamides is 1. The van der Waals surface area contributed by atoms with Crippen molar-refractivity contribution in [1.29, 1.82) is 0 Å². The zero-order valence-electron chi connectivity index (χ0n) is 24.0. The molecule has 0 aromatic heterocycles. The number of carbonyl (C=O) groups excluding carboxylic acids is 2. The molecule has 3 aromatic rings. The van der Waals surface area contributed by atoms with Crippen molar-refractivity contribution in [2.45, 2.75) is 64.1 Å². The lowest BCUT2D eigenvalue weighted by Gasteiger charge is -2.34. The van der Waals surface area contributed by atoms with Crippen LogP contribution in [0.5, 0.6) is 5.75 Å². The minimum atomic E-state index is -4.12. The summed E-state index contributed by atoms with van der Waals surface area (Å²) >= 11 is 0. The van der Waals surface area contributed by atoms with Crippen molar-refractivity contribution < 1.29 is 22.7 Å². The maximum Gasteiger partial charge on any atom is 0.264 e. The number of nitrogens with zero attached hydrogens (tertiary/aromatic N) is 2. The summed E-state index contributed by atoms with van der Waals surface area (Å²) in [6, 6.07) is 21.4. The number of carbonyl (C=O) groups is 2. The summed E-state index contributed by atoms with van der Waals surface area (Å²) in [6.45, 7) is 9.09. The van der Waals surface area contributed by atoms with E-state index in [0.29, 0.717) is 17.9 Å². The van der Waals surface area contributed by atoms with Crippen LogP contribution in [-0.4, -0.2) is 50.4 Å². The largest absolute Gasteiger partial charge is 0.497 e. The van der Waals surface area contributed by atoms with E-state index in [1.807, 2.05) is 58.9 Å². The molecule has 0 bridgehead atoms. The Kier molecular flexibility index (Phi) is 9.98. The first-order valence-electron chi connectivity index (χ1n) is 13.2. The number of ether oxygens (including phenoxy) is 1. The van der Waals surface area contributed by atoms with Gasteiger partial charge < -0.3 is 15.0 Å². The van der Waals surface area contributed by atoms with Crippen LogP contribution < -0.4 is 14.4 Å². The van der Waals surface area contributed by atoms with Gasteiger partial charge in [-0.2, -0.15) is 0 Å². The van der Waals surface area contributed by atoms with Crippen molar-refractivity contribution in [2.24, 2.45) is 0 Å². The van der Waals surface area contributed by atoms with Crippen LogP contribution in [0.2, 0.25) is 0 Å². The van der Waals surface area contributed by atoms with E-state index in [0.717, 1.165) is 15.4 Å². The number of anilines is 1. The average molecular weight is 566 g/mol. The summed E-state index contributed by atoms with van der Waals surface area (Å²) in [5.74, 6) is -0.233. The third-order valence-corrected chi connectivity index (χ3v) is 8.08. The molecular formula is C31H39N3O5S. The molecule has 2 amide bonds. The zero-order valence-corrected chi connectivity index (χ0v) is 24.9. The minimum absolute atomic E-state index is 0.0568. The third-order valence-electron chi connectivity index (χ3n) is 6.29. The van der Waals surface area contributed by atoms with E-state index in [4.69, 9.17) is 4.74 Å². The highest BCUT2D eigenvalue weighted by Crippen LogP contribution is 2.27. The number of aryl methyl sites for hydroxylation is 1. The normalized spacial score (nSPS) is 12.3. The fraction of sp³-hybridized carbons (Fsp3) is 0.355. The monoisotopic (exact) mass is 565 g/mol. The van der Waals surface area contributed by atoms with Crippen LogP contribution in [0.3, 0.4) is 0 Å². The fourth-order valence-electron chi connectivity index (χ4n) is 4.38. The smallest absolute Gasteiger partial charge is 0.264 e. The van der Waals surface area contributed by atoms with Crippen LogP contribution in [0.1, 0.15) is 45.2 Å². The number of methoxy groups -OCH3 is 1. The molecule has 214 valence electrons. The average Bonchev–Trinajstić information content (AvgIpc) is 2.91. The first-order chi connectivity index (χ1) is 18.9. The van der Waals surface area contributed by atoms with Gasteiger partial charge in [0.15, 0.2) is 0 Å². The molecule has 1 N–H and O–H groups in total. The Morgan fingerprint density at radius 3 is 2.15 bits per heavy atom. The van der Waals surface area contributed by atoms with Gasteiger partial charge in [-0.15, -0.1) is 0 Å². The Hall–Kier alpha value is -3.85. The lowest BCUT2D eigenvalue weighted by Crippen LogP contribution is -2.55. The number of rotatable bonds is 11. The quantitative estimate of drug-likeness (QED) is 0.356. The third kappa shape index (κ3) is 7.85. The molecule has 1 unspecified atom stereocenters. The van der Waals surface area contributed by atoms with E-state index < -0.39 is 34.1 Å². The SMILES string of the molecule is CCC(C(=O)NC(C)(C)C)N(Cc1cccc(C)c1)C(=O)CN(c1ccc(OC)cc1)S(=O)(=O)c1ccccc1. The second kappa shape index (κ2) is 13.0. The number of amides is 2. The Labute approximate surface area is 238 Å². The molecule has 0 heterocycles. The molecule has 0 aliphatic carbocycles. The summed E-state index contributed by atoms with van der Waals surface area (Å²) in [6.07, 6.45) is 0.355. The molecule has 0 spiro atoms. The molecule has 0 aliphatic rings. The summed E-state index contributed by atoms with van der Waals surface area (Å²) in [5, 5.41) is 2.98. The molecular weight excluding hydrogens is 526 g/mol. The van der Waals surface area contributed by atoms with Crippen molar-refractivity contribution >= 4 is 27.5 Å². The van der Waals surface area contributed by atoms with Crippen LogP contribution >= 0.6 is 0 Å². The van der Waals surface area contributed by atoms with Gasteiger partial charge in [-0.1, -0.05) is 55.0 Å². The maximum absolute atomic E-state index is 14.1. The van der Waals surface area contributed by atoms with Gasteiger partial charge in [0.05, 0.1) is 17.7 Å². The number of benzene rings is 3. The predicted molar refractivity (Wildman–Crippen MR) is 158 cm³/mol. The molecule has 8 nitrogen and oxygen atoms in total. The Morgan fingerprint density at radius 2 is 1.60 bits per heavy atom. The van der Waals surface area contributed by atoms with Gasteiger partial charge in [-0.05, 0) is 76.1 Å². The van der Waals surface area contributed by atoms with Crippen molar-refractivity contribution in [2.75, 3.05) is 18.0 Å². The highest BCUT2D eigenvalue weighted by Gasteiger charge is 2.34. The zero-order chi connectivity index (χ0) is 29.5. The van der Waals surface area contributed by atoms with Gasteiger partial charge in [0.25, 0.3) is 10.0 Å². The first-order valence-corrected chi connectivity index (χ1v) is 14.7. The van der Waals surface area contributed by atoms with Crippen LogP contribution in [0, 0.1) is 6.92 Å². The van der Waals surface area contributed by atoms with Crippen LogP contribution in [0.25, 0.3) is 0 Å². The lowest BCUT2D eigenvalue weighted by molar-refractivity contribution is -0.141. The van der Waals surface area contributed by atoms with Gasteiger partial charge in [-0.25, -0.2) is 8.42 Å². The molecule has 0 aliphatic heterocycles. The molecule has 0 saturated heterocycles. The van der Waals surface area contributed by atoms with E-state index in [9.17, 15) is 18.0 Å². The Morgan fingerprint density at radius 1 is 0.950 bits per heavy atom. The Bertz CT molecular complexity index is 1400. The molecule has 3 aromatic carbocycles. The van der Waals surface area contributed by atoms with E-state index in [1.165, 1.54) is 24.1 Å². The van der Waals surface area contributed by atoms with Gasteiger partial charge in [0, 0.05) is 12.1 Å². The van der Waals surface area contributed by atoms with E-state index in [2.05, 4.69) is 5.32 Å². The molecule has 0 saturated carbocycles. The second-order valence-corrected chi connectivity index (χ2v) is 12.6. The number of hydrogen-bond acceptors (Lipinski definition) is 5. The summed E-state index contributed by atoms with van der Waals surface area (Å²) in [5.41, 5.74) is 1.66. The standard InChI is InChI=1S/C31H39N3O5S/c1-7-28(30(36)32-31(3,4)5)33(21-24-13-11-12-23(2)20-24)29(35)22-34(25-16-18-26(39-6)19-17-25)40(37,38)27-14-9-8-10-15-27/h8-20,28H,7,21-22H2,1-6H3,(H,32,36). The highest BCUT2D eigenvalue weighted by molar-refractivity contribution is 7.92. The molecule has 0 fully saturated rings. The molecule has 9 heteroatoms. The number of nitrogens with one attached hydrogen (secondary N) is 1. The molecule has 3 rings (SSSR count). The van der Waals surface area contributed by atoms with E-state index in [-0.39, 0.29) is 17.3 Å². The van der Waals surface area contributed by atoms with Crippen molar-refractivity contribution in [3.05, 3.63) is 90.0 Å². The second-order valence-electron chi connectivity index (χ2n) is 10.7. The molecule has 40 heavy (non-hydrogen) atoms. The van der Waals surface area contributed by atoms with Crippen molar-refractivity contribution in [1.82, 2.24) is 10.2 Å². The van der Waals surface area contributed by atoms with Gasteiger partial charge in [-0.3, -0.25) is 13.9 Å². The van der Waals surface area contributed by atoms with Crippen LogP contribution in [0.4, 0.5) is 5.69 Å². The molecule has 0 radical (unpaired) electrons. The highest BCUT2D eigenvalue weighted by atomic mass is 32.2. The predicted octanol–water partition coefficient (Wildman–Crippen LogP) is 4.92. The minimum Gasteiger partial charge on any atom is -0.497 e. The van der Waals surface area contributed by atoms with E-state index >= 15 is 0 Å². The number of hydrogen-bond donors (Lipinski definition) is 1. The van der Waals surface area contributed by atoms with Crippen molar-refractivity contribution in [3.8, 4) is 5.75 Å². The van der Waals surface area contributed by atoms with Gasteiger partial charge in [0.1, 0.15) is 18.3 Å². The lowest BCUT2D eigenvalue weighted by atomic mass is 10.0. The topological polar surface area (TPSA) is 96.0 Å². The van der Waals surface area contributed by atoms with E-state index in [1.54, 1.807) is 42.5 Å². The van der Waals surface area contributed by atoms with Crippen LogP contribution in [-0.2, 0) is 26.2 Å². The van der Waals surface area contributed by atoms with Gasteiger partial charge >= 0.3 is 0 Å². The summed E-state index contributed by atoms with van der Waals surface area (Å²) in [7, 11) is -2.60. The van der Waals surface area contributed by atoms with Crippen LogP contribution in [0.15, 0.2) is 83.8 Å². The fourth-order valence-corrected chi connectivity index (χ4v) is 5.81. The van der Waals surface area contributed by atoms with Gasteiger partial charge in [0.2, 0.25) is 11.8 Å². The summed E-state index contributed by atoms with van der Waals surface area (Å²) < 4.78 is 34.0.